The maximum atomic E-state index is 10.3. The molecule has 0 aromatic heterocycles. The molecule has 60 valence electrons. The van der Waals surface area contributed by atoms with Crippen LogP contribution >= 0.6 is 0 Å². The smallest absolute Gasteiger partial charge is 0.330 e. The zero-order valence-electron chi connectivity index (χ0n) is 6.13. The first kappa shape index (κ1) is 11.9. The Morgan fingerprint density at radius 2 is 2.20 bits per heavy atom. The molecule has 4 nitrogen and oxygen atoms in total. The summed E-state index contributed by atoms with van der Waals surface area (Å²) in [5.74, 6) is -0.410. The third-order valence-corrected chi connectivity index (χ3v) is 0.698. The van der Waals surface area contributed by atoms with Gasteiger partial charge in [0.1, 0.15) is 6.61 Å². The third kappa shape index (κ3) is 7.13. The third-order valence-electron chi connectivity index (χ3n) is 0.698. The first-order valence-corrected chi connectivity index (χ1v) is 2.59. The molecule has 0 heterocycles. The van der Waals surface area contributed by atoms with E-state index < -0.39 is 5.97 Å². The molecule has 0 atom stereocenters. The molecule has 4 heteroatoms. The van der Waals surface area contributed by atoms with Crippen LogP contribution < -0.4 is 6.15 Å². The van der Waals surface area contributed by atoms with E-state index >= 15 is 0 Å². The Morgan fingerprint density at radius 3 is 2.60 bits per heavy atom. The van der Waals surface area contributed by atoms with E-state index in [2.05, 4.69) is 16.1 Å². The number of methoxy groups -OCH3 is 1. The van der Waals surface area contributed by atoms with Crippen molar-refractivity contribution in [3.8, 4) is 0 Å². The van der Waals surface area contributed by atoms with E-state index in [1.165, 1.54) is 0 Å². The fourth-order valence-electron chi connectivity index (χ4n) is 0.285. The molecule has 0 amide bonds. The highest BCUT2D eigenvalue weighted by Gasteiger charge is 1.91. The van der Waals surface area contributed by atoms with Crippen LogP contribution in [0.1, 0.15) is 0 Å². The number of carbonyl (C=O) groups is 1. The predicted molar refractivity (Wildman–Crippen MR) is 38.1 cm³/mol. The quantitative estimate of drug-likeness (QED) is 0.357. The Balaban J connectivity index is 0. The monoisotopic (exact) mass is 147 g/mol. The molecule has 0 spiro atoms. The number of rotatable bonds is 4. The van der Waals surface area contributed by atoms with Crippen LogP contribution in [0.3, 0.4) is 0 Å². The summed E-state index contributed by atoms with van der Waals surface area (Å²) in [5, 5.41) is 0. The van der Waals surface area contributed by atoms with E-state index in [0.717, 1.165) is 6.08 Å². The Labute approximate surface area is 60.4 Å². The van der Waals surface area contributed by atoms with Crippen LogP contribution in [0.15, 0.2) is 12.7 Å². The van der Waals surface area contributed by atoms with Gasteiger partial charge < -0.3 is 15.6 Å². The van der Waals surface area contributed by atoms with Crippen LogP contribution in [0.2, 0.25) is 0 Å². The Bertz CT molecular complexity index is 103. The minimum Gasteiger partial charge on any atom is -0.460 e. The Morgan fingerprint density at radius 1 is 1.60 bits per heavy atom. The molecule has 0 radical (unpaired) electrons. The molecule has 0 saturated heterocycles. The van der Waals surface area contributed by atoms with Crippen LogP contribution in [-0.2, 0) is 14.3 Å². The summed E-state index contributed by atoms with van der Waals surface area (Å²) >= 11 is 0. The average Bonchev–Trinajstić information content (AvgIpc) is 1.89. The van der Waals surface area contributed by atoms with E-state index in [1.807, 2.05) is 0 Å². The van der Waals surface area contributed by atoms with E-state index in [-0.39, 0.29) is 6.15 Å². The van der Waals surface area contributed by atoms with Gasteiger partial charge in [-0.2, -0.15) is 0 Å². The van der Waals surface area contributed by atoms with Gasteiger partial charge in [0, 0.05) is 13.2 Å². The molecule has 3 N–H and O–H groups in total. The summed E-state index contributed by atoms with van der Waals surface area (Å²) in [5.41, 5.74) is 0. The first-order valence-electron chi connectivity index (χ1n) is 2.59. The largest absolute Gasteiger partial charge is 0.460 e. The van der Waals surface area contributed by atoms with E-state index in [9.17, 15) is 4.79 Å². The number of ether oxygens (including phenoxy) is 2. The number of esters is 1. The molecule has 0 bridgehead atoms. The van der Waals surface area contributed by atoms with Gasteiger partial charge in [-0.15, -0.1) is 0 Å². The van der Waals surface area contributed by atoms with E-state index in [0.29, 0.717) is 13.2 Å². The molecule has 0 aliphatic heterocycles. The number of carbonyl (C=O) groups excluding carboxylic acids is 1. The fourth-order valence-corrected chi connectivity index (χ4v) is 0.285. The van der Waals surface area contributed by atoms with Crippen LogP contribution in [-0.4, -0.2) is 26.3 Å². The van der Waals surface area contributed by atoms with Crippen LogP contribution in [0, 0.1) is 0 Å². The van der Waals surface area contributed by atoms with Gasteiger partial charge in [-0.25, -0.2) is 4.79 Å². The zero-order chi connectivity index (χ0) is 7.11. The van der Waals surface area contributed by atoms with Crippen molar-refractivity contribution in [3.05, 3.63) is 12.7 Å². The Kier molecular flexibility index (Phi) is 9.65. The van der Waals surface area contributed by atoms with Gasteiger partial charge in [0.25, 0.3) is 0 Å². The van der Waals surface area contributed by atoms with Gasteiger partial charge >= 0.3 is 5.97 Å². The topological polar surface area (TPSA) is 70.5 Å². The second-order valence-electron chi connectivity index (χ2n) is 1.36. The highest BCUT2D eigenvalue weighted by atomic mass is 16.6. The molecule has 0 rings (SSSR count). The van der Waals surface area contributed by atoms with Gasteiger partial charge in [0.15, 0.2) is 0 Å². The van der Waals surface area contributed by atoms with Gasteiger partial charge in [-0.1, -0.05) is 6.58 Å². The summed E-state index contributed by atoms with van der Waals surface area (Å²) < 4.78 is 9.17. The van der Waals surface area contributed by atoms with Gasteiger partial charge in [0.05, 0.1) is 6.61 Å². The van der Waals surface area contributed by atoms with Gasteiger partial charge in [-0.05, 0) is 0 Å². The maximum absolute atomic E-state index is 10.3. The number of hydrogen-bond donors (Lipinski definition) is 1. The van der Waals surface area contributed by atoms with Crippen molar-refractivity contribution in [3.63, 3.8) is 0 Å². The van der Waals surface area contributed by atoms with E-state index in [1.54, 1.807) is 7.11 Å². The van der Waals surface area contributed by atoms with E-state index in [4.69, 9.17) is 0 Å². The highest BCUT2D eigenvalue weighted by Crippen LogP contribution is 1.78. The normalized spacial score (nSPS) is 7.70. The lowest BCUT2D eigenvalue weighted by Crippen LogP contribution is -2.06. The molecular weight excluding hydrogens is 134 g/mol. The molecule has 10 heavy (non-hydrogen) atoms. The lowest BCUT2D eigenvalue weighted by Gasteiger charge is -1.98. The molecule has 0 saturated carbocycles. The summed E-state index contributed by atoms with van der Waals surface area (Å²) in [6.45, 7) is 3.95. The lowest BCUT2D eigenvalue weighted by atomic mass is 10.6. The molecule has 0 aliphatic carbocycles. The second kappa shape index (κ2) is 8.13. The van der Waals surface area contributed by atoms with Crippen molar-refractivity contribution in [1.29, 1.82) is 0 Å². The van der Waals surface area contributed by atoms with Crippen LogP contribution in [0.25, 0.3) is 0 Å². The summed E-state index contributed by atoms with van der Waals surface area (Å²) in [7, 11) is 1.54. The van der Waals surface area contributed by atoms with Crippen molar-refractivity contribution >= 4 is 5.97 Å². The lowest BCUT2D eigenvalue weighted by molar-refractivity contribution is -0.138. The van der Waals surface area contributed by atoms with Crippen LogP contribution in [0.4, 0.5) is 0 Å². The molecule has 0 aliphatic rings. The van der Waals surface area contributed by atoms with Gasteiger partial charge in [0.2, 0.25) is 0 Å². The Hall–Kier alpha value is -0.870. The minimum absolute atomic E-state index is 0. The van der Waals surface area contributed by atoms with Crippen molar-refractivity contribution in [2.75, 3.05) is 20.3 Å². The first-order chi connectivity index (χ1) is 4.31. The van der Waals surface area contributed by atoms with Crippen molar-refractivity contribution < 1.29 is 14.3 Å². The zero-order valence-corrected chi connectivity index (χ0v) is 6.13. The maximum Gasteiger partial charge on any atom is 0.330 e. The number of hydrogen-bond acceptors (Lipinski definition) is 4. The summed E-state index contributed by atoms with van der Waals surface area (Å²) in [4.78, 5) is 10.3. The standard InChI is InChI=1S/C6H10O3.H3N/c1-3-6(7)9-5-4-8-2;/h3H,1,4-5H2,2H3;1H3. The molecule has 0 aromatic carbocycles. The highest BCUT2D eigenvalue weighted by molar-refractivity contribution is 5.81. The van der Waals surface area contributed by atoms with Crippen molar-refractivity contribution in [2.45, 2.75) is 0 Å². The van der Waals surface area contributed by atoms with Gasteiger partial charge in [-0.3, -0.25) is 0 Å². The fraction of sp³-hybridized carbons (Fsp3) is 0.500. The average molecular weight is 147 g/mol. The molecule has 0 unspecified atom stereocenters. The summed E-state index contributed by atoms with van der Waals surface area (Å²) in [6, 6.07) is 0. The van der Waals surface area contributed by atoms with Crippen molar-refractivity contribution in [2.24, 2.45) is 0 Å². The minimum atomic E-state index is -0.410. The molecular formula is C6H13NO3. The molecule has 0 fully saturated rings. The second-order valence-corrected chi connectivity index (χ2v) is 1.36. The van der Waals surface area contributed by atoms with Crippen LogP contribution in [0.5, 0.6) is 0 Å². The summed E-state index contributed by atoms with van der Waals surface area (Å²) in [6.07, 6.45) is 1.12. The predicted octanol–water partition coefficient (Wildman–Crippen LogP) is 0.524. The molecule has 0 aromatic rings. The van der Waals surface area contributed by atoms with Crippen molar-refractivity contribution in [1.82, 2.24) is 6.15 Å². The SMILES string of the molecule is C=CC(=O)OCCOC.N.